The van der Waals surface area contributed by atoms with E-state index >= 15 is 0 Å². The third-order valence-corrected chi connectivity index (χ3v) is 6.55. The van der Waals surface area contributed by atoms with Gasteiger partial charge < -0.3 is 65.9 Å². The summed E-state index contributed by atoms with van der Waals surface area (Å²) in [6, 6.07) is -1.38. The summed E-state index contributed by atoms with van der Waals surface area (Å²) in [6.45, 7) is 3.10. The Morgan fingerprint density at radius 1 is 0.795 bits per heavy atom. The van der Waals surface area contributed by atoms with Crippen LogP contribution in [0.1, 0.15) is 39.5 Å². The minimum Gasteiger partial charge on any atom is -0.394 e. The van der Waals surface area contributed by atoms with E-state index in [0.717, 1.165) is 19.0 Å². The second-order valence-electron chi connectivity index (χ2n) is 9.51. The van der Waals surface area contributed by atoms with Gasteiger partial charge in [0.1, 0.15) is 54.3 Å². The first-order valence-electron chi connectivity index (χ1n) is 13.2. The van der Waals surface area contributed by atoms with E-state index in [-0.39, 0.29) is 5.57 Å². The first-order chi connectivity index (χ1) is 18.6. The number of unbranched alkanes of at least 4 members (excludes halogenated alkanes) is 2. The van der Waals surface area contributed by atoms with E-state index in [0.29, 0.717) is 25.9 Å². The number of ether oxygens (including phenoxy) is 3. The maximum Gasteiger partial charge on any atom is 0.258 e. The van der Waals surface area contributed by atoms with Gasteiger partial charge in [-0.2, -0.15) is 0 Å². The Balaban J connectivity index is 2.22. The van der Waals surface area contributed by atoms with Crippen LogP contribution in [0, 0.1) is 0 Å². The predicted molar refractivity (Wildman–Crippen MR) is 133 cm³/mol. The SMILES string of the molecule is CCCCNC(=O)C(=CN[C@@H]1[C@H](O)[C@H](O[C@@H]2O[C@H](CO)[C@H](O)[C@@H](O)[C@H]2O)[C@@H](CO)O[C@@H]1O)C(=O)NCCCC. The molecular formula is C24H43N3O12. The maximum atomic E-state index is 12.7. The molecule has 0 saturated carbocycles. The molecule has 0 aromatic heterocycles. The molecule has 2 saturated heterocycles. The summed E-state index contributed by atoms with van der Waals surface area (Å²) >= 11 is 0. The van der Waals surface area contributed by atoms with E-state index in [1.165, 1.54) is 0 Å². The van der Waals surface area contributed by atoms with Crippen LogP contribution < -0.4 is 16.0 Å². The fourth-order valence-electron chi connectivity index (χ4n) is 4.13. The quantitative estimate of drug-likeness (QED) is 0.0418. The average Bonchev–Trinajstić information content (AvgIpc) is 2.92. The summed E-state index contributed by atoms with van der Waals surface area (Å²) in [7, 11) is 0. The van der Waals surface area contributed by atoms with Crippen LogP contribution in [-0.4, -0.2) is 135 Å². The van der Waals surface area contributed by atoms with Gasteiger partial charge in [0.2, 0.25) is 0 Å². The maximum absolute atomic E-state index is 12.7. The molecule has 2 aliphatic heterocycles. The van der Waals surface area contributed by atoms with Crippen LogP contribution >= 0.6 is 0 Å². The number of carbonyl (C=O) groups is 2. The van der Waals surface area contributed by atoms with Gasteiger partial charge in [0, 0.05) is 19.3 Å². The Hall–Kier alpha value is -1.92. The fraction of sp³-hybridized carbons (Fsp3) is 0.833. The lowest BCUT2D eigenvalue weighted by Gasteiger charge is -2.46. The first kappa shape index (κ1) is 33.3. The molecule has 2 aliphatic rings. The lowest BCUT2D eigenvalue weighted by molar-refractivity contribution is -0.345. The van der Waals surface area contributed by atoms with Crippen LogP contribution in [0.3, 0.4) is 0 Å². The van der Waals surface area contributed by atoms with Crippen molar-refractivity contribution in [1.82, 2.24) is 16.0 Å². The first-order valence-corrected chi connectivity index (χ1v) is 13.2. The third kappa shape index (κ3) is 8.78. The molecule has 0 aliphatic carbocycles. The van der Waals surface area contributed by atoms with E-state index in [9.17, 15) is 45.3 Å². The van der Waals surface area contributed by atoms with Crippen LogP contribution in [0.5, 0.6) is 0 Å². The Morgan fingerprint density at radius 3 is 1.87 bits per heavy atom. The Labute approximate surface area is 226 Å². The number of hydrogen-bond acceptors (Lipinski definition) is 13. The van der Waals surface area contributed by atoms with Crippen LogP contribution in [0.2, 0.25) is 0 Å². The van der Waals surface area contributed by atoms with Crippen molar-refractivity contribution >= 4 is 11.8 Å². The van der Waals surface area contributed by atoms with Crippen molar-refractivity contribution in [3.8, 4) is 0 Å². The molecule has 39 heavy (non-hydrogen) atoms. The molecule has 0 unspecified atom stereocenters. The monoisotopic (exact) mass is 565 g/mol. The van der Waals surface area contributed by atoms with Gasteiger partial charge in [-0.3, -0.25) is 9.59 Å². The van der Waals surface area contributed by atoms with Crippen LogP contribution in [0.4, 0.5) is 0 Å². The van der Waals surface area contributed by atoms with Gasteiger partial charge in [-0.15, -0.1) is 0 Å². The topological polar surface area (TPSA) is 240 Å². The molecule has 0 bridgehead atoms. The lowest BCUT2D eigenvalue weighted by atomic mass is 9.95. The second-order valence-corrected chi connectivity index (χ2v) is 9.51. The molecule has 0 spiro atoms. The summed E-state index contributed by atoms with van der Waals surface area (Å²) in [5.74, 6) is -1.35. The van der Waals surface area contributed by atoms with Gasteiger partial charge in [-0.1, -0.05) is 26.7 Å². The number of amides is 2. The van der Waals surface area contributed by atoms with Gasteiger partial charge >= 0.3 is 0 Å². The normalized spacial score (nSPS) is 34.7. The number of aliphatic hydroxyl groups excluding tert-OH is 7. The molecule has 10 atom stereocenters. The highest BCUT2D eigenvalue weighted by Crippen LogP contribution is 2.28. The largest absolute Gasteiger partial charge is 0.394 e. The summed E-state index contributed by atoms with van der Waals surface area (Å²) in [6.07, 6.45) is -10.3. The molecule has 2 heterocycles. The lowest BCUT2D eigenvalue weighted by Crippen LogP contribution is -2.66. The van der Waals surface area contributed by atoms with Crippen molar-refractivity contribution < 1.29 is 59.5 Å². The summed E-state index contributed by atoms with van der Waals surface area (Å²) in [4.78, 5) is 25.4. The highest BCUT2D eigenvalue weighted by molar-refractivity contribution is 6.18. The number of aliphatic hydroxyl groups is 7. The van der Waals surface area contributed by atoms with Gasteiger partial charge in [-0.05, 0) is 12.8 Å². The number of rotatable bonds is 14. The molecule has 2 rings (SSSR count). The molecule has 15 heteroatoms. The van der Waals surface area contributed by atoms with E-state index in [1.807, 2.05) is 13.8 Å². The Morgan fingerprint density at radius 2 is 1.36 bits per heavy atom. The van der Waals surface area contributed by atoms with Crippen molar-refractivity contribution in [1.29, 1.82) is 0 Å². The van der Waals surface area contributed by atoms with E-state index in [4.69, 9.17) is 14.2 Å². The fourth-order valence-corrected chi connectivity index (χ4v) is 4.13. The van der Waals surface area contributed by atoms with Gasteiger partial charge in [-0.25, -0.2) is 0 Å². The third-order valence-electron chi connectivity index (χ3n) is 6.55. The molecule has 226 valence electrons. The van der Waals surface area contributed by atoms with Gasteiger partial charge in [0.15, 0.2) is 12.6 Å². The second kappa shape index (κ2) is 16.4. The summed E-state index contributed by atoms with van der Waals surface area (Å²) in [5.41, 5.74) is -0.308. The highest BCUT2D eigenvalue weighted by Gasteiger charge is 2.50. The Bertz CT molecular complexity index is 776. The van der Waals surface area contributed by atoms with Crippen LogP contribution in [0.15, 0.2) is 11.8 Å². The molecule has 15 nitrogen and oxygen atoms in total. The molecular weight excluding hydrogens is 522 g/mol. The zero-order chi connectivity index (χ0) is 29.1. The molecule has 0 aromatic rings. The molecule has 0 aromatic carbocycles. The van der Waals surface area contributed by atoms with Crippen molar-refractivity contribution in [3.63, 3.8) is 0 Å². The number of carbonyl (C=O) groups excluding carboxylic acids is 2. The zero-order valence-electron chi connectivity index (χ0n) is 22.2. The molecule has 10 N–H and O–H groups in total. The smallest absolute Gasteiger partial charge is 0.258 e. The van der Waals surface area contributed by atoms with Gasteiger partial charge in [0.25, 0.3) is 11.8 Å². The van der Waals surface area contributed by atoms with E-state index in [1.54, 1.807) is 0 Å². The van der Waals surface area contributed by atoms with Crippen molar-refractivity contribution in [2.24, 2.45) is 0 Å². The van der Waals surface area contributed by atoms with Gasteiger partial charge in [0.05, 0.1) is 13.2 Å². The summed E-state index contributed by atoms with van der Waals surface area (Å²) < 4.78 is 16.3. The molecule has 2 fully saturated rings. The van der Waals surface area contributed by atoms with Crippen molar-refractivity contribution in [2.75, 3.05) is 26.3 Å². The average molecular weight is 566 g/mol. The minimum absolute atomic E-state index is 0.308. The zero-order valence-corrected chi connectivity index (χ0v) is 22.2. The van der Waals surface area contributed by atoms with Crippen molar-refractivity contribution in [3.05, 3.63) is 11.8 Å². The van der Waals surface area contributed by atoms with E-state index < -0.39 is 86.4 Å². The van der Waals surface area contributed by atoms with E-state index in [2.05, 4.69) is 16.0 Å². The van der Waals surface area contributed by atoms with Crippen molar-refractivity contribution in [2.45, 2.75) is 101 Å². The van der Waals surface area contributed by atoms with Crippen LogP contribution in [-0.2, 0) is 23.8 Å². The minimum atomic E-state index is -1.79. The summed E-state index contributed by atoms with van der Waals surface area (Å²) in [5, 5.41) is 78.9. The Kier molecular flexibility index (Phi) is 14.0. The molecule has 0 radical (unpaired) electrons. The molecule has 2 amide bonds. The number of hydrogen-bond donors (Lipinski definition) is 10. The predicted octanol–water partition coefficient (Wildman–Crippen LogP) is -4.08. The highest BCUT2D eigenvalue weighted by atomic mass is 16.7. The van der Waals surface area contributed by atoms with Crippen LogP contribution in [0.25, 0.3) is 0 Å². The standard InChI is InChI=1S/C24H43N3O12/c1-3-5-7-25-21(34)12(22(35)26-8-6-4-2)9-27-15-17(31)20(14(11-29)37-23(15)36)39-24-19(33)18(32)16(30)13(10-28)38-24/h9,13-20,23-24,27-33,36H,3-8,10-11H2,1-2H3,(H,25,34)(H,26,35)/t13-,14-,15-,16+,17+,18-,19-,20-,23+,24+/m1/s1. The number of nitrogens with one attached hydrogen (secondary N) is 3.